The summed E-state index contributed by atoms with van der Waals surface area (Å²) in [6.07, 6.45) is 6.67. The molecule has 1 atom stereocenters. The van der Waals surface area contributed by atoms with Crippen molar-refractivity contribution in [1.29, 1.82) is 0 Å². The molecule has 3 aromatic rings. The first-order chi connectivity index (χ1) is 11.7. The molecule has 0 saturated heterocycles. The molecule has 0 aromatic carbocycles. The van der Waals surface area contributed by atoms with Crippen molar-refractivity contribution < 1.29 is 9.18 Å². The fourth-order valence-electron chi connectivity index (χ4n) is 3.28. The number of halogens is 1. The van der Waals surface area contributed by atoms with Crippen molar-refractivity contribution in [3.05, 3.63) is 47.4 Å². The number of rotatable bonds is 3. The number of nitrogens with one attached hydrogen (secondary N) is 1. The fourth-order valence-corrected chi connectivity index (χ4v) is 3.28. The van der Waals surface area contributed by atoms with Gasteiger partial charge in [-0.2, -0.15) is 0 Å². The smallest absolute Gasteiger partial charge is 0.261 e. The summed E-state index contributed by atoms with van der Waals surface area (Å²) in [6, 6.07) is 1.89. The van der Waals surface area contributed by atoms with Crippen LogP contribution in [0, 0.1) is 5.82 Å². The van der Waals surface area contributed by atoms with Crippen molar-refractivity contribution in [1.82, 2.24) is 24.6 Å². The predicted octanol–water partition coefficient (Wildman–Crippen LogP) is 2.35. The Bertz CT molecular complexity index is 920. The van der Waals surface area contributed by atoms with Gasteiger partial charge < -0.3 is 0 Å². The van der Waals surface area contributed by atoms with Gasteiger partial charge >= 0.3 is 0 Å². The standard InChI is InChI=1S/C16H15FN6O/c1-2-9-3-4-13-11(9)5-12(14-22-20-8-23(13)14)15(24)21-16-18-6-10(17)7-19-16/h5-9H,2-4H2,1H3,(H,18,19,21,24)/t9-/m0/s1. The molecule has 122 valence electrons. The maximum atomic E-state index is 12.9. The van der Waals surface area contributed by atoms with Gasteiger partial charge in [0, 0.05) is 5.69 Å². The van der Waals surface area contributed by atoms with Crippen LogP contribution in [0.5, 0.6) is 0 Å². The molecule has 1 amide bonds. The number of anilines is 1. The van der Waals surface area contributed by atoms with Gasteiger partial charge in [-0.25, -0.2) is 14.4 Å². The van der Waals surface area contributed by atoms with Gasteiger partial charge in [-0.15, -0.1) is 10.2 Å². The van der Waals surface area contributed by atoms with Crippen LogP contribution in [0.4, 0.5) is 10.3 Å². The summed E-state index contributed by atoms with van der Waals surface area (Å²) >= 11 is 0. The number of nitrogens with zero attached hydrogens (tertiary/aromatic N) is 5. The molecule has 0 spiro atoms. The maximum Gasteiger partial charge on any atom is 0.261 e. The average Bonchev–Trinajstić information content (AvgIpc) is 3.21. The molecular weight excluding hydrogens is 311 g/mol. The van der Waals surface area contributed by atoms with Crippen LogP contribution in [-0.4, -0.2) is 30.5 Å². The number of aryl methyl sites for hydroxylation is 1. The van der Waals surface area contributed by atoms with E-state index in [-0.39, 0.29) is 11.9 Å². The zero-order valence-electron chi connectivity index (χ0n) is 13.0. The molecule has 3 aromatic heterocycles. The van der Waals surface area contributed by atoms with Crippen LogP contribution in [0.1, 0.15) is 47.3 Å². The van der Waals surface area contributed by atoms with Crippen LogP contribution in [0.15, 0.2) is 24.8 Å². The molecule has 24 heavy (non-hydrogen) atoms. The van der Waals surface area contributed by atoms with E-state index < -0.39 is 5.82 Å². The lowest BCUT2D eigenvalue weighted by atomic mass is 9.98. The third-order valence-electron chi connectivity index (χ3n) is 4.47. The van der Waals surface area contributed by atoms with Gasteiger partial charge in [-0.1, -0.05) is 6.92 Å². The van der Waals surface area contributed by atoms with E-state index in [1.165, 1.54) is 0 Å². The van der Waals surface area contributed by atoms with Crippen LogP contribution in [0.25, 0.3) is 5.65 Å². The number of carbonyl (C=O) groups excluding carboxylic acids is 1. The molecular formula is C16H15FN6O. The van der Waals surface area contributed by atoms with E-state index in [0.29, 0.717) is 17.1 Å². The van der Waals surface area contributed by atoms with Crippen LogP contribution in [0.2, 0.25) is 0 Å². The topological polar surface area (TPSA) is 85.1 Å². The number of pyridine rings is 1. The lowest BCUT2D eigenvalue weighted by Gasteiger charge is -2.12. The van der Waals surface area contributed by atoms with E-state index in [9.17, 15) is 9.18 Å². The second-order valence-corrected chi connectivity index (χ2v) is 5.81. The summed E-state index contributed by atoms with van der Waals surface area (Å²) in [5, 5.41) is 10.6. The minimum absolute atomic E-state index is 0.0478. The Morgan fingerprint density at radius 2 is 2.21 bits per heavy atom. The third kappa shape index (κ3) is 2.31. The van der Waals surface area contributed by atoms with E-state index >= 15 is 0 Å². The van der Waals surface area contributed by atoms with Gasteiger partial charge in [0.1, 0.15) is 6.33 Å². The molecule has 0 unspecified atom stereocenters. The summed E-state index contributed by atoms with van der Waals surface area (Å²) in [6.45, 7) is 2.14. The molecule has 0 fully saturated rings. The Balaban J connectivity index is 1.76. The van der Waals surface area contributed by atoms with Crippen LogP contribution < -0.4 is 5.32 Å². The van der Waals surface area contributed by atoms with Crippen LogP contribution in [0.3, 0.4) is 0 Å². The molecule has 0 bridgehead atoms. The molecule has 8 heteroatoms. The molecule has 7 nitrogen and oxygen atoms in total. The second-order valence-electron chi connectivity index (χ2n) is 5.81. The normalized spacial score (nSPS) is 16.3. The zero-order valence-corrected chi connectivity index (χ0v) is 13.0. The van der Waals surface area contributed by atoms with Crippen molar-refractivity contribution in [3.63, 3.8) is 0 Å². The summed E-state index contributed by atoms with van der Waals surface area (Å²) in [4.78, 5) is 20.1. The highest BCUT2D eigenvalue weighted by Gasteiger charge is 2.27. The Labute approximate surface area is 137 Å². The SMILES string of the molecule is CC[C@H]1CCc2c1cc(C(=O)Nc1ncc(F)cn1)c1nncn21. The third-order valence-corrected chi connectivity index (χ3v) is 4.47. The van der Waals surface area contributed by atoms with E-state index in [0.717, 1.165) is 42.9 Å². The van der Waals surface area contributed by atoms with Gasteiger partial charge in [-0.05, 0) is 36.8 Å². The van der Waals surface area contributed by atoms with Gasteiger partial charge in [0.15, 0.2) is 11.5 Å². The minimum Gasteiger partial charge on any atom is -0.290 e. The molecule has 0 aliphatic heterocycles. The predicted molar refractivity (Wildman–Crippen MR) is 84.3 cm³/mol. The van der Waals surface area contributed by atoms with Gasteiger partial charge in [0.25, 0.3) is 5.91 Å². The van der Waals surface area contributed by atoms with Crippen LogP contribution >= 0.6 is 0 Å². The van der Waals surface area contributed by atoms with Crippen molar-refractivity contribution in [2.45, 2.75) is 32.1 Å². The van der Waals surface area contributed by atoms with Gasteiger partial charge in [0.05, 0.1) is 18.0 Å². The van der Waals surface area contributed by atoms with E-state index in [2.05, 4.69) is 32.4 Å². The lowest BCUT2D eigenvalue weighted by molar-refractivity contribution is 0.102. The molecule has 0 radical (unpaired) electrons. The number of amides is 1. The minimum atomic E-state index is -0.559. The molecule has 4 rings (SSSR count). The number of fused-ring (bicyclic) bond motifs is 3. The highest BCUT2D eigenvalue weighted by molar-refractivity contribution is 6.07. The van der Waals surface area contributed by atoms with Gasteiger partial charge in [-0.3, -0.25) is 14.5 Å². The molecule has 1 N–H and O–H groups in total. The number of hydrogen-bond donors (Lipinski definition) is 1. The summed E-state index contributed by atoms with van der Waals surface area (Å²) in [5.74, 6) is -0.465. The largest absolute Gasteiger partial charge is 0.290 e. The summed E-state index contributed by atoms with van der Waals surface area (Å²) in [5.41, 5.74) is 3.25. The molecule has 0 saturated carbocycles. The quantitative estimate of drug-likeness (QED) is 0.798. The van der Waals surface area contributed by atoms with Crippen molar-refractivity contribution in [2.24, 2.45) is 0 Å². The zero-order chi connectivity index (χ0) is 16.7. The first-order valence-electron chi connectivity index (χ1n) is 7.81. The Kier molecular flexibility index (Phi) is 3.44. The van der Waals surface area contributed by atoms with E-state index in [4.69, 9.17) is 0 Å². The highest BCUT2D eigenvalue weighted by Crippen LogP contribution is 2.36. The molecule has 1 aliphatic rings. The maximum absolute atomic E-state index is 12.9. The average molecular weight is 326 g/mol. The summed E-state index contributed by atoms with van der Waals surface area (Å²) < 4.78 is 14.8. The van der Waals surface area contributed by atoms with E-state index in [1.807, 2.05) is 10.5 Å². The molecule has 3 heterocycles. The van der Waals surface area contributed by atoms with Gasteiger partial charge in [0.2, 0.25) is 5.95 Å². The fraction of sp³-hybridized carbons (Fsp3) is 0.312. The van der Waals surface area contributed by atoms with Crippen molar-refractivity contribution in [2.75, 3.05) is 5.32 Å². The first kappa shape index (κ1) is 14.7. The Morgan fingerprint density at radius 1 is 1.42 bits per heavy atom. The van der Waals surface area contributed by atoms with Crippen LogP contribution in [-0.2, 0) is 6.42 Å². The lowest BCUT2D eigenvalue weighted by Crippen LogP contribution is -2.16. The number of aromatic nitrogens is 5. The highest BCUT2D eigenvalue weighted by atomic mass is 19.1. The monoisotopic (exact) mass is 326 g/mol. The second kappa shape index (κ2) is 5.63. The van der Waals surface area contributed by atoms with E-state index in [1.54, 1.807) is 6.33 Å². The Morgan fingerprint density at radius 3 is 2.96 bits per heavy atom. The van der Waals surface area contributed by atoms with Crippen molar-refractivity contribution >= 4 is 17.5 Å². The number of carbonyl (C=O) groups is 1. The first-order valence-corrected chi connectivity index (χ1v) is 7.81. The Hall–Kier alpha value is -2.90. The van der Waals surface area contributed by atoms with Crippen molar-refractivity contribution in [3.8, 4) is 0 Å². The molecule has 1 aliphatic carbocycles. The summed E-state index contributed by atoms with van der Waals surface area (Å²) in [7, 11) is 0. The number of hydrogen-bond acceptors (Lipinski definition) is 5.